The molecular formula is C81H144O17P2. The Morgan fingerprint density at radius 2 is 0.520 bits per heavy atom. The topological polar surface area (TPSA) is 237 Å². The Labute approximate surface area is 608 Å². The number of hydrogen-bond acceptors (Lipinski definition) is 15. The van der Waals surface area contributed by atoms with Crippen LogP contribution in [0.1, 0.15) is 349 Å². The number of phosphoric acid groups is 2. The van der Waals surface area contributed by atoms with Gasteiger partial charge in [0.1, 0.15) is 19.3 Å². The zero-order valence-corrected chi connectivity index (χ0v) is 65.2. The molecule has 580 valence electrons. The van der Waals surface area contributed by atoms with Crippen molar-refractivity contribution in [2.24, 2.45) is 0 Å². The summed E-state index contributed by atoms with van der Waals surface area (Å²) in [5.74, 6) is -2.21. The molecule has 0 saturated carbocycles. The van der Waals surface area contributed by atoms with Crippen molar-refractivity contribution in [2.75, 3.05) is 39.6 Å². The first-order valence-corrected chi connectivity index (χ1v) is 42.8. The van der Waals surface area contributed by atoms with E-state index in [9.17, 15) is 43.2 Å². The third kappa shape index (κ3) is 72.6. The number of hydrogen-bond donors (Lipinski definition) is 3. The van der Waals surface area contributed by atoms with Gasteiger partial charge in [-0.25, -0.2) is 9.13 Å². The van der Waals surface area contributed by atoms with E-state index in [1.54, 1.807) is 0 Å². The molecule has 0 aliphatic heterocycles. The highest BCUT2D eigenvalue weighted by molar-refractivity contribution is 7.47. The summed E-state index contributed by atoms with van der Waals surface area (Å²) in [5.41, 5.74) is 0. The molecule has 0 aromatic carbocycles. The van der Waals surface area contributed by atoms with Crippen LogP contribution in [0.15, 0.2) is 85.1 Å². The van der Waals surface area contributed by atoms with Gasteiger partial charge in [0.25, 0.3) is 0 Å². The van der Waals surface area contributed by atoms with E-state index >= 15 is 0 Å². The normalized spacial score (nSPS) is 14.3. The maximum atomic E-state index is 13.1. The maximum Gasteiger partial charge on any atom is 0.472 e. The van der Waals surface area contributed by atoms with Crippen LogP contribution in [-0.4, -0.2) is 96.7 Å². The van der Waals surface area contributed by atoms with Crippen LogP contribution in [0, 0.1) is 0 Å². The quantitative estimate of drug-likeness (QED) is 0.0128. The van der Waals surface area contributed by atoms with Crippen molar-refractivity contribution in [2.45, 2.75) is 367 Å². The number of allylic oxidation sites excluding steroid dienone is 14. The number of phosphoric ester groups is 2. The number of ether oxygens (including phenoxy) is 4. The summed E-state index contributed by atoms with van der Waals surface area (Å²) >= 11 is 0. The molecule has 0 radical (unpaired) electrons. The highest BCUT2D eigenvalue weighted by atomic mass is 31.2. The minimum atomic E-state index is -4.98. The molecule has 5 atom stereocenters. The van der Waals surface area contributed by atoms with Gasteiger partial charge in [0.05, 0.1) is 26.4 Å². The predicted octanol–water partition coefficient (Wildman–Crippen LogP) is 23.0. The SMILES string of the molecule is CCCCC/C=C\C/C=C\CCCCCCCC(=O)O[C@H](COC(=O)CCCCCCC/C=C\C=C/CCCCCC)COP(=O)(O)OC[C@H](O)COP(=O)(O)OC[C@@H](COC(=O)CCCCCCC/C=C\CCCCCCCC)OC(=O)CCCCCCC/C=C\C/C=C\CCCCC. The first-order chi connectivity index (χ1) is 48.7. The van der Waals surface area contributed by atoms with Gasteiger partial charge >= 0.3 is 39.5 Å². The molecule has 100 heavy (non-hydrogen) atoms. The van der Waals surface area contributed by atoms with Crippen LogP contribution in [0.4, 0.5) is 0 Å². The molecule has 0 fully saturated rings. The second-order valence-electron chi connectivity index (χ2n) is 26.7. The summed E-state index contributed by atoms with van der Waals surface area (Å²) < 4.78 is 68.6. The second kappa shape index (κ2) is 73.5. The minimum Gasteiger partial charge on any atom is -0.462 e. The van der Waals surface area contributed by atoms with E-state index in [4.69, 9.17) is 37.0 Å². The molecule has 0 amide bonds. The fraction of sp³-hybridized carbons (Fsp3) is 0.778. The maximum absolute atomic E-state index is 13.1. The van der Waals surface area contributed by atoms with Crippen molar-refractivity contribution in [1.29, 1.82) is 0 Å². The van der Waals surface area contributed by atoms with E-state index in [0.717, 1.165) is 167 Å². The van der Waals surface area contributed by atoms with Crippen molar-refractivity contribution in [1.82, 2.24) is 0 Å². The summed E-state index contributed by atoms with van der Waals surface area (Å²) in [7, 11) is -9.96. The molecule has 0 aliphatic rings. The van der Waals surface area contributed by atoms with Crippen LogP contribution in [-0.2, 0) is 65.4 Å². The van der Waals surface area contributed by atoms with Gasteiger partial charge in [-0.3, -0.25) is 37.3 Å². The summed E-state index contributed by atoms with van der Waals surface area (Å²) in [5, 5.41) is 10.6. The Kier molecular flexibility index (Phi) is 70.8. The molecule has 0 aromatic heterocycles. The molecule has 0 heterocycles. The lowest BCUT2D eigenvalue weighted by molar-refractivity contribution is -0.161. The van der Waals surface area contributed by atoms with Crippen LogP contribution in [0.25, 0.3) is 0 Å². The molecule has 0 saturated heterocycles. The zero-order valence-electron chi connectivity index (χ0n) is 63.4. The van der Waals surface area contributed by atoms with Crippen molar-refractivity contribution >= 4 is 39.5 Å². The molecule has 0 rings (SSSR count). The average molecular weight is 1450 g/mol. The number of unbranched alkanes of at least 4 members (excludes halogenated alkanes) is 36. The molecule has 17 nitrogen and oxygen atoms in total. The van der Waals surface area contributed by atoms with E-state index in [1.807, 2.05) is 0 Å². The van der Waals surface area contributed by atoms with Gasteiger partial charge < -0.3 is 33.8 Å². The summed E-state index contributed by atoms with van der Waals surface area (Å²) in [6, 6.07) is 0. The highest BCUT2D eigenvalue weighted by Gasteiger charge is 2.30. The van der Waals surface area contributed by atoms with Gasteiger partial charge in [-0.2, -0.15) is 0 Å². The average Bonchev–Trinajstić information content (AvgIpc) is 1.25. The van der Waals surface area contributed by atoms with Crippen molar-refractivity contribution in [3.8, 4) is 0 Å². The Balaban J connectivity index is 5.38. The first-order valence-electron chi connectivity index (χ1n) is 39.8. The van der Waals surface area contributed by atoms with Gasteiger partial charge in [0, 0.05) is 25.7 Å². The van der Waals surface area contributed by atoms with Crippen LogP contribution < -0.4 is 0 Å². The van der Waals surface area contributed by atoms with Gasteiger partial charge in [0.2, 0.25) is 0 Å². The predicted molar refractivity (Wildman–Crippen MR) is 409 cm³/mol. The molecule has 0 spiro atoms. The van der Waals surface area contributed by atoms with Gasteiger partial charge in [0.15, 0.2) is 12.2 Å². The first kappa shape index (κ1) is 96.2. The Bertz CT molecular complexity index is 2230. The zero-order chi connectivity index (χ0) is 73.2. The number of aliphatic hydroxyl groups excluding tert-OH is 1. The standard InChI is InChI=1S/C81H144O17P2/c1-5-9-13-17-21-25-29-33-37-41-45-49-53-57-61-65-78(83)91-71-76(97-80(85)67-63-59-55-51-47-43-39-35-31-27-23-19-15-11-7-3)73-95-99(87,88)93-69-75(82)70-94-100(89,90)96-74-77(98-81(86)68-64-60-56-52-48-44-40-36-32-28-24-20-16-12-8-4)72-92-79(84)66-62-58-54-50-46-42-38-34-30-26-22-18-14-10-6-2/h23-25,27-29,33-40,75-77,82H,5-22,26,30-32,41-74H2,1-4H3,(H,87,88)(H,89,90)/b27-23-,28-24-,29-25-,37-33-,38-34-,39-35-,40-36-/t75-,76+,77+/m0/s1. The monoisotopic (exact) mass is 1450 g/mol. The largest absolute Gasteiger partial charge is 0.472 e. The van der Waals surface area contributed by atoms with Gasteiger partial charge in [-0.05, 0) is 141 Å². The lowest BCUT2D eigenvalue weighted by Gasteiger charge is -2.21. The third-order valence-electron chi connectivity index (χ3n) is 16.8. The Hall–Kier alpha value is -3.76. The number of rotatable bonds is 75. The lowest BCUT2D eigenvalue weighted by Crippen LogP contribution is -2.30. The molecular weight excluding hydrogens is 1310 g/mol. The fourth-order valence-electron chi connectivity index (χ4n) is 10.7. The van der Waals surface area contributed by atoms with E-state index in [-0.39, 0.29) is 25.7 Å². The van der Waals surface area contributed by atoms with Crippen LogP contribution >= 0.6 is 15.6 Å². The van der Waals surface area contributed by atoms with Crippen LogP contribution in [0.5, 0.6) is 0 Å². The molecule has 0 aromatic rings. The van der Waals surface area contributed by atoms with Gasteiger partial charge in [-0.1, -0.05) is 267 Å². The van der Waals surface area contributed by atoms with Crippen molar-refractivity contribution in [3.63, 3.8) is 0 Å². The van der Waals surface area contributed by atoms with Crippen LogP contribution in [0.3, 0.4) is 0 Å². The number of carbonyl (C=O) groups is 4. The molecule has 0 bridgehead atoms. The molecule has 2 unspecified atom stereocenters. The lowest BCUT2D eigenvalue weighted by atomic mass is 10.1. The van der Waals surface area contributed by atoms with Gasteiger partial charge in [-0.15, -0.1) is 0 Å². The molecule has 19 heteroatoms. The Morgan fingerprint density at radius 1 is 0.290 bits per heavy atom. The van der Waals surface area contributed by atoms with E-state index in [1.165, 1.54) is 103 Å². The summed E-state index contributed by atoms with van der Waals surface area (Å²) in [6.07, 6.45) is 75.5. The van der Waals surface area contributed by atoms with E-state index in [2.05, 4.69) is 113 Å². The highest BCUT2D eigenvalue weighted by Crippen LogP contribution is 2.45. The van der Waals surface area contributed by atoms with E-state index in [0.29, 0.717) is 25.7 Å². The smallest absolute Gasteiger partial charge is 0.462 e. The van der Waals surface area contributed by atoms with Crippen molar-refractivity contribution in [3.05, 3.63) is 85.1 Å². The second-order valence-corrected chi connectivity index (χ2v) is 29.6. The number of carbonyl (C=O) groups excluding carboxylic acids is 4. The minimum absolute atomic E-state index is 0.0764. The number of esters is 4. The molecule has 0 aliphatic carbocycles. The Morgan fingerprint density at radius 3 is 0.840 bits per heavy atom. The summed E-state index contributed by atoms with van der Waals surface area (Å²) in [4.78, 5) is 73.0. The fourth-order valence-corrected chi connectivity index (χ4v) is 12.3. The third-order valence-corrected chi connectivity index (χ3v) is 18.7. The number of aliphatic hydroxyl groups is 1. The summed E-state index contributed by atoms with van der Waals surface area (Å²) in [6.45, 7) is 4.78. The van der Waals surface area contributed by atoms with Crippen LogP contribution in [0.2, 0.25) is 0 Å². The van der Waals surface area contributed by atoms with E-state index < -0.39 is 97.5 Å². The van der Waals surface area contributed by atoms with Crippen molar-refractivity contribution < 1.29 is 80.2 Å². The molecule has 3 N–H and O–H groups in total.